The minimum absolute atomic E-state index is 0. The van der Waals surface area contributed by atoms with E-state index in [9.17, 15) is 4.79 Å². The van der Waals surface area contributed by atoms with Crippen LogP contribution in [0.1, 0.15) is 39.5 Å². The van der Waals surface area contributed by atoms with Crippen LogP contribution in [0.3, 0.4) is 0 Å². The third kappa shape index (κ3) is 3.85. The van der Waals surface area contributed by atoms with Gasteiger partial charge in [-0.2, -0.15) is 0 Å². The van der Waals surface area contributed by atoms with Crippen molar-refractivity contribution in [2.24, 2.45) is 11.8 Å². The quantitative estimate of drug-likeness (QED) is 0.824. The van der Waals surface area contributed by atoms with Crippen molar-refractivity contribution in [3.63, 3.8) is 0 Å². The Labute approximate surface area is 111 Å². The molecule has 0 aromatic carbocycles. The minimum Gasteiger partial charge on any atom is -0.337 e. The number of halogens is 1. The second kappa shape index (κ2) is 6.60. The summed E-state index contributed by atoms with van der Waals surface area (Å²) in [5.74, 6) is 1.87. The van der Waals surface area contributed by atoms with E-state index in [4.69, 9.17) is 0 Å². The molecule has 0 bridgehead atoms. The Morgan fingerprint density at radius 1 is 1.35 bits per heavy atom. The van der Waals surface area contributed by atoms with Crippen LogP contribution in [-0.4, -0.2) is 36.5 Å². The van der Waals surface area contributed by atoms with Crippen LogP contribution >= 0.6 is 12.4 Å². The number of hydrogen-bond acceptors (Lipinski definition) is 2. The monoisotopic (exact) mass is 260 g/mol. The highest BCUT2D eigenvalue weighted by molar-refractivity contribution is 5.85. The average molecular weight is 261 g/mol. The van der Waals surface area contributed by atoms with Crippen molar-refractivity contribution in [3.05, 3.63) is 0 Å². The summed E-state index contributed by atoms with van der Waals surface area (Å²) in [4.78, 5) is 14.2. The van der Waals surface area contributed by atoms with Gasteiger partial charge in [0.2, 0.25) is 5.91 Å². The lowest BCUT2D eigenvalue weighted by atomic mass is 10.0. The smallest absolute Gasteiger partial charge is 0.223 e. The van der Waals surface area contributed by atoms with E-state index in [-0.39, 0.29) is 12.4 Å². The Hall–Kier alpha value is -0.280. The van der Waals surface area contributed by atoms with Crippen LogP contribution in [0, 0.1) is 11.8 Å². The fourth-order valence-corrected chi connectivity index (χ4v) is 3.09. The molecule has 1 aliphatic heterocycles. The maximum atomic E-state index is 12.2. The first-order valence-corrected chi connectivity index (χ1v) is 6.67. The lowest BCUT2D eigenvalue weighted by Gasteiger charge is -2.34. The molecule has 3 nitrogen and oxygen atoms in total. The normalized spacial score (nSPS) is 33.3. The largest absolute Gasteiger partial charge is 0.337 e. The molecule has 0 aromatic heterocycles. The fraction of sp³-hybridized carbons (Fsp3) is 0.923. The van der Waals surface area contributed by atoms with Crippen LogP contribution in [0.15, 0.2) is 0 Å². The van der Waals surface area contributed by atoms with Crippen LogP contribution in [0.4, 0.5) is 0 Å². The maximum Gasteiger partial charge on any atom is 0.223 e. The summed E-state index contributed by atoms with van der Waals surface area (Å²) < 4.78 is 0. The topological polar surface area (TPSA) is 32.3 Å². The van der Waals surface area contributed by atoms with Crippen molar-refractivity contribution in [3.8, 4) is 0 Å². The number of amides is 1. The number of hydrogen-bond donors (Lipinski definition) is 1. The first-order valence-electron chi connectivity index (χ1n) is 6.67. The van der Waals surface area contributed by atoms with Crippen molar-refractivity contribution in [1.29, 1.82) is 0 Å². The van der Waals surface area contributed by atoms with Crippen molar-refractivity contribution >= 4 is 18.3 Å². The molecule has 17 heavy (non-hydrogen) atoms. The van der Waals surface area contributed by atoms with Gasteiger partial charge in [-0.1, -0.05) is 13.3 Å². The van der Waals surface area contributed by atoms with Gasteiger partial charge in [0.1, 0.15) is 0 Å². The molecule has 1 amide bonds. The Balaban J connectivity index is 0.00000144. The van der Waals surface area contributed by atoms with E-state index < -0.39 is 0 Å². The highest BCUT2D eigenvalue weighted by atomic mass is 35.5. The van der Waals surface area contributed by atoms with Crippen molar-refractivity contribution in [2.45, 2.75) is 45.6 Å². The molecular formula is C13H25ClN2O. The summed E-state index contributed by atoms with van der Waals surface area (Å²) in [6.07, 6.45) is 4.61. The van der Waals surface area contributed by atoms with Gasteiger partial charge in [0, 0.05) is 32.1 Å². The predicted octanol–water partition coefficient (Wildman–Crippen LogP) is 2.05. The van der Waals surface area contributed by atoms with Crippen LogP contribution in [0.2, 0.25) is 0 Å². The SMILES string of the molecule is CC1CCC(CC(=O)N2CCNC[C@@H]2C)C1.Cl. The predicted molar refractivity (Wildman–Crippen MR) is 72.4 cm³/mol. The van der Waals surface area contributed by atoms with E-state index >= 15 is 0 Å². The molecular weight excluding hydrogens is 236 g/mol. The molecule has 2 fully saturated rings. The first kappa shape index (κ1) is 14.8. The summed E-state index contributed by atoms with van der Waals surface area (Å²) in [6.45, 7) is 7.24. The van der Waals surface area contributed by atoms with Crippen molar-refractivity contribution in [1.82, 2.24) is 10.2 Å². The van der Waals surface area contributed by atoms with Gasteiger partial charge in [-0.25, -0.2) is 0 Å². The Morgan fingerprint density at radius 3 is 2.71 bits per heavy atom. The first-order chi connectivity index (χ1) is 7.66. The van der Waals surface area contributed by atoms with Gasteiger partial charge in [-0.15, -0.1) is 12.4 Å². The Morgan fingerprint density at radius 2 is 2.12 bits per heavy atom. The second-order valence-electron chi connectivity index (χ2n) is 5.63. The lowest BCUT2D eigenvalue weighted by molar-refractivity contribution is -0.134. The van der Waals surface area contributed by atoms with Crippen LogP contribution in [0.5, 0.6) is 0 Å². The zero-order valence-corrected chi connectivity index (χ0v) is 11.8. The highest BCUT2D eigenvalue weighted by Gasteiger charge is 2.28. The minimum atomic E-state index is 0. The molecule has 100 valence electrons. The fourth-order valence-electron chi connectivity index (χ4n) is 3.09. The number of carbonyl (C=O) groups is 1. The summed E-state index contributed by atoms with van der Waals surface area (Å²) >= 11 is 0. The van der Waals surface area contributed by atoms with E-state index in [0.717, 1.165) is 32.0 Å². The molecule has 0 radical (unpaired) electrons. The van der Waals surface area contributed by atoms with E-state index in [2.05, 4.69) is 24.1 Å². The molecule has 0 spiro atoms. The van der Waals surface area contributed by atoms with Crippen molar-refractivity contribution in [2.75, 3.05) is 19.6 Å². The zero-order chi connectivity index (χ0) is 11.5. The molecule has 1 aliphatic carbocycles. The van der Waals surface area contributed by atoms with Gasteiger partial charge in [0.15, 0.2) is 0 Å². The lowest BCUT2D eigenvalue weighted by Crippen LogP contribution is -2.52. The van der Waals surface area contributed by atoms with Crippen LogP contribution in [0.25, 0.3) is 0 Å². The van der Waals surface area contributed by atoms with E-state index in [1.807, 2.05) is 0 Å². The van der Waals surface area contributed by atoms with Crippen molar-refractivity contribution < 1.29 is 4.79 Å². The summed E-state index contributed by atoms with van der Waals surface area (Å²) in [5, 5.41) is 3.33. The number of nitrogens with one attached hydrogen (secondary N) is 1. The molecule has 2 unspecified atom stereocenters. The summed E-state index contributed by atoms with van der Waals surface area (Å²) in [5.41, 5.74) is 0. The Bertz CT molecular complexity index is 260. The van der Waals surface area contributed by atoms with E-state index in [1.54, 1.807) is 0 Å². The Kier molecular flexibility index (Phi) is 5.74. The molecule has 1 saturated heterocycles. The van der Waals surface area contributed by atoms with Crippen LogP contribution in [-0.2, 0) is 4.79 Å². The molecule has 1 saturated carbocycles. The molecule has 3 atom stereocenters. The van der Waals surface area contributed by atoms with Gasteiger partial charge < -0.3 is 10.2 Å². The van der Waals surface area contributed by atoms with Gasteiger partial charge in [-0.3, -0.25) is 4.79 Å². The zero-order valence-electron chi connectivity index (χ0n) is 10.9. The van der Waals surface area contributed by atoms with Gasteiger partial charge >= 0.3 is 0 Å². The van der Waals surface area contributed by atoms with E-state index in [1.165, 1.54) is 19.3 Å². The average Bonchev–Trinajstić information content (AvgIpc) is 2.64. The summed E-state index contributed by atoms with van der Waals surface area (Å²) in [6, 6.07) is 0.375. The molecule has 2 rings (SSSR count). The number of nitrogens with zero attached hydrogens (tertiary/aromatic N) is 1. The molecule has 1 N–H and O–H groups in total. The molecule has 2 aliphatic rings. The third-order valence-corrected chi connectivity index (χ3v) is 4.09. The van der Waals surface area contributed by atoms with E-state index in [0.29, 0.717) is 17.9 Å². The van der Waals surface area contributed by atoms with Gasteiger partial charge in [-0.05, 0) is 31.6 Å². The number of piperazine rings is 1. The highest BCUT2D eigenvalue weighted by Crippen LogP contribution is 2.33. The van der Waals surface area contributed by atoms with Gasteiger partial charge in [0.05, 0.1) is 0 Å². The molecule has 4 heteroatoms. The molecule has 0 aromatic rings. The number of carbonyl (C=O) groups excluding carboxylic acids is 1. The third-order valence-electron chi connectivity index (χ3n) is 4.09. The maximum absolute atomic E-state index is 12.2. The standard InChI is InChI=1S/C13H24N2O.ClH/c1-10-3-4-12(7-10)8-13(16)15-6-5-14-9-11(15)2;/h10-12,14H,3-9H2,1-2H3;1H/t10?,11-,12?;/m0./s1. The molecule has 1 heterocycles. The van der Waals surface area contributed by atoms with Crippen LogP contribution < -0.4 is 5.32 Å². The van der Waals surface area contributed by atoms with Gasteiger partial charge in [0.25, 0.3) is 0 Å². The number of rotatable bonds is 2. The summed E-state index contributed by atoms with van der Waals surface area (Å²) in [7, 11) is 0. The second-order valence-corrected chi connectivity index (χ2v) is 5.63.